The highest BCUT2D eigenvalue weighted by Crippen LogP contribution is 2.25. The van der Waals surface area contributed by atoms with Crippen LogP contribution in [0.3, 0.4) is 0 Å². The highest BCUT2D eigenvalue weighted by Gasteiger charge is 2.28. The van der Waals surface area contributed by atoms with Crippen molar-refractivity contribution in [2.75, 3.05) is 18.4 Å². The molecule has 134 valence electrons. The number of rotatable bonds is 5. The molecule has 1 aromatic heterocycles. The van der Waals surface area contributed by atoms with E-state index in [4.69, 9.17) is 5.26 Å². The highest BCUT2D eigenvalue weighted by atomic mass is 16.2. The number of anilines is 1. The van der Waals surface area contributed by atoms with Crippen molar-refractivity contribution >= 4 is 11.7 Å². The lowest BCUT2D eigenvalue weighted by atomic mass is 9.93. The van der Waals surface area contributed by atoms with Crippen LogP contribution in [0.1, 0.15) is 43.4 Å². The molecule has 1 amide bonds. The van der Waals surface area contributed by atoms with Crippen LogP contribution in [0, 0.1) is 11.3 Å². The van der Waals surface area contributed by atoms with Gasteiger partial charge in [-0.2, -0.15) is 5.26 Å². The standard InChI is InChI=1S/C20H23N5O/c1-2-17(15-6-4-3-5-7-15)20(26)25-12-8-16(9-13-25)24-19-18(14-21)22-10-11-23-19/h3-7,10-11,16-17H,2,8-9,12-13H2,1H3,(H,23,24). The van der Waals surface area contributed by atoms with Crippen LogP contribution < -0.4 is 5.32 Å². The lowest BCUT2D eigenvalue weighted by Gasteiger charge is -2.34. The molecule has 1 unspecified atom stereocenters. The van der Waals surface area contributed by atoms with Gasteiger partial charge in [-0.05, 0) is 24.8 Å². The molecule has 1 N–H and O–H groups in total. The van der Waals surface area contributed by atoms with Crippen LogP contribution in [0.2, 0.25) is 0 Å². The van der Waals surface area contributed by atoms with Crippen LogP contribution in [-0.2, 0) is 4.79 Å². The SMILES string of the molecule is CCC(C(=O)N1CCC(Nc2nccnc2C#N)CC1)c1ccccc1. The van der Waals surface area contributed by atoms with E-state index in [0.717, 1.165) is 24.8 Å². The molecule has 0 bridgehead atoms. The molecule has 0 aliphatic carbocycles. The molecule has 1 fully saturated rings. The molecule has 3 rings (SSSR count). The van der Waals surface area contributed by atoms with Gasteiger partial charge < -0.3 is 10.2 Å². The predicted molar refractivity (Wildman–Crippen MR) is 99.4 cm³/mol. The summed E-state index contributed by atoms with van der Waals surface area (Å²) < 4.78 is 0. The molecule has 1 aromatic carbocycles. The van der Waals surface area contributed by atoms with Crippen molar-refractivity contribution in [3.63, 3.8) is 0 Å². The van der Waals surface area contributed by atoms with Crippen molar-refractivity contribution in [2.45, 2.75) is 38.1 Å². The van der Waals surface area contributed by atoms with E-state index in [0.29, 0.717) is 24.6 Å². The highest BCUT2D eigenvalue weighted by molar-refractivity contribution is 5.83. The van der Waals surface area contributed by atoms with Crippen LogP contribution in [-0.4, -0.2) is 39.9 Å². The summed E-state index contributed by atoms with van der Waals surface area (Å²) in [6.07, 6.45) is 5.55. The topological polar surface area (TPSA) is 81.9 Å². The molecule has 2 heterocycles. The van der Waals surface area contributed by atoms with Crippen molar-refractivity contribution in [1.29, 1.82) is 5.26 Å². The van der Waals surface area contributed by atoms with Gasteiger partial charge in [0.25, 0.3) is 0 Å². The van der Waals surface area contributed by atoms with E-state index in [1.165, 1.54) is 6.20 Å². The molecule has 1 aliphatic heterocycles. The summed E-state index contributed by atoms with van der Waals surface area (Å²) in [5.41, 5.74) is 1.39. The number of aromatic nitrogens is 2. The summed E-state index contributed by atoms with van der Waals surface area (Å²) in [6.45, 7) is 3.48. The first-order chi connectivity index (χ1) is 12.7. The van der Waals surface area contributed by atoms with Crippen molar-refractivity contribution in [3.05, 3.63) is 54.0 Å². The number of carbonyl (C=O) groups is 1. The zero-order valence-corrected chi connectivity index (χ0v) is 14.9. The molecule has 0 radical (unpaired) electrons. The number of benzene rings is 1. The van der Waals surface area contributed by atoms with Crippen LogP contribution in [0.25, 0.3) is 0 Å². The summed E-state index contributed by atoms with van der Waals surface area (Å²) in [7, 11) is 0. The normalized spacial score (nSPS) is 15.9. The maximum absolute atomic E-state index is 12.9. The molecule has 1 aliphatic rings. The second kappa shape index (κ2) is 8.43. The Labute approximate surface area is 153 Å². The molecule has 0 spiro atoms. The van der Waals surface area contributed by atoms with Crippen molar-refractivity contribution in [3.8, 4) is 6.07 Å². The van der Waals surface area contributed by atoms with E-state index >= 15 is 0 Å². The lowest BCUT2D eigenvalue weighted by Crippen LogP contribution is -2.44. The number of carbonyl (C=O) groups excluding carboxylic acids is 1. The van der Waals surface area contributed by atoms with E-state index in [2.05, 4.69) is 28.3 Å². The van der Waals surface area contributed by atoms with Gasteiger partial charge in [0.2, 0.25) is 5.91 Å². The summed E-state index contributed by atoms with van der Waals surface area (Å²) in [5.74, 6) is 0.649. The predicted octanol–water partition coefficient (Wildman–Crippen LogP) is 2.94. The number of piperidine rings is 1. The number of nitriles is 1. The minimum absolute atomic E-state index is 0.0779. The number of likely N-dealkylation sites (tertiary alicyclic amines) is 1. The maximum Gasteiger partial charge on any atom is 0.230 e. The molecular formula is C20H23N5O. The van der Waals surface area contributed by atoms with Gasteiger partial charge in [0.05, 0.1) is 5.92 Å². The average molecular weight is 349 g/mol. The van der Waals surface area contributed by atoms with Crippen LogP contribution in [0.5, 0.6) is 0 Å². The second-order valence-electron chi connectivity index (χ2n) is 6.48. The molecule has 6 heteroatoms. The first kappa shape index (κ1) is 17.9. The fourth-order valence-corrected chi connectivity index (χ4v) is 3.42. The lowest BCUT2D eigenvalue weighted by molar-refractivity contribution is -0.133. The third-order valence-corrected chi connectivity index (χ3v) is 4.86. The Balaban J connectivity index is 1.59. The molecule has 2 aromatic rings. The number of hydrogen-bond donors (Lipinski definition) is 1. The molecular weight excluding hydrogens is 326 g/mol. The molecule has 26 heavy (non-hydrogen) atoms. The first-order valence-corrected chi connectivity index (χ1v) is 9.04. The van der Waals surface area contributed by atoms with Crippen LogP contribution in [0.15, 0.2) is 42.7 Å². The Hall–Kier alpha value is -2.94. The average Bonchev–Trinajstić information content (AvgIpc) is 2.70. The van der Waals surface area contributed by atoms with Gasteiger partial charge in [-0.3, -0.25) is 4.79 Å². The van der Waals surface area contributed by atoms with E-state index in [1.54, 1.807) is 6.20 Å². The smallest absolute Gasteiger partial charge is 0.230 e. The minimum Gasteiger partial charge on any atom is -0.365 e. The molecule has 0 saturated carbocycles. The molecule has 1 atom stereocenters. The third-order valence-electron chi connectivity index (χ3n) is 4.86. The Morgan fingerprint density at radius 3 is 2.62 bits per heavy atom. The van der Waals surface area contributed by atoms with Gasteiger partial charge in [0.15, 0.2) is 11.5 Å². The number of nitrogens with one attached hydrogen (secondary N) is 1. The van der Waals surface area contributed by atoms with E-state index in [9.17, 15) is 4.79 Å². The van der Waals surface area contributed by atoms with Gasteiger partial charge in [-0.1, -0.05) is 37.3 Å². The summed E-state index contributed by atoms with van der Waals surface area (Å²) in [5, 5.41) is 12.4. The van der Waals surface area contributed by atoms with E-state index in [-0.39, 0.29) is 17.9 Å². The second-order valence-corrected chi connectivity index (χ2v) is 6.48. The Morgan fingerprint density at radius 2 is 1.96 bits per heavy atom. The van der Waals surface area contributed by atoms with E-state index < -0.39 is 0 Å². The largest absolute Gasteiger partial charge is 0.365 e. The summed E-state index contributed by atoms with van der Waals surface area (Å²) in [6, 6.07) is 12.2. The third kappa shape index (κ3) is 3.99. The van der Waals surface area contributed by atoms with Crippen molar-refractivity contribution < 1.29 is 4.79 Å². The zero-order chi connectivity index (χ0) is 18.4. The van der Waals surface area contributed by atoms with Gasteiger partial charge in [-0.15, -0.1) is 0 Å². The quantitative estimate of drug-likeness (QED) is 0.897. The molecule has 1 saturated heterocycles. The first-order valence-electron chi connectivity index (χ1n) is 9.04. The van der Waals surface area contributed by atoms with Crippen LogP contribution >= 0.6 is 0 Å². The number of nitrogens with zero attached hydrogens (tertiary/aromatic N) is 4. The Kier molecular flexibility index (Phi) is 5.80. The summed E-state index contributed by atoms with van der Waals surface area (Å²) >= 11 is 0. The monoisotopic (exact) mass is 349 g/mol. The Bertz CT molecular complexity index is 778. The number of amides is 1. The van der Waals surface area contributed by atoms with Gasteiger partial charge >= 0.3 is 0 Å². The van der Waals surface area contributed by atoms with Gasteiger partial charge in [0.1, 0.15) is 6.07 Å². The van der Waals surface area contributed by atoms with E-state index in [1.807, 2.05) is 35.2 Å². The van der Waals surface area contributed by atoms with Gasteiger partial charge in [0, 0.05) is 31.5 Å². The summed E-state index contributed by atoms with van der Waals surface area (Å²) in [4.78, 5) is 23.1. The molecule has 6 nitrogen and oxygen atoms in total. The van der Waals surface area contributed by atoms with Gasteiger partial charge in [-0.25, -0.2) is 9.97 Å². The Morgan fingerprint density at radius 1 is 1.27 bits per heavy atom. The maximum atomic E-state index is 12.9. The van der Waals surface area contributed by atoms with Crippen molar-refractivity contribution in [2.24, 2.45) is 0 Å². The fraction of sp³-hybridized carbons (Fsp3) is 0.400. The number of hydrogen-bond acceptors (Lipinski definition) is 5. The van der Waals surface area contributed by atoms with Crippen LogP contribution in [0.4, 0.5) is 5.82 Å². The minimum atomic E-state index is -0.0779. The van der Waals surface area contributed by atoms with Crippen molar-refractivity contribution in [1.82, 2.24) is 14.9 Å². The zero-order valence-electron chi connectivity index (χ0n) is 14.9. The fourth-order valence-electron chi connectivity index (χ4n) is 3.42.